The topological polar surface area (TPSA) is 49.0 Å². The Balaban J connectivity index is 1.53. The second kappa shape index (κ2) is 6.67. The molecule has 0 saturated heterocycles. The molecule has 5 nitrogen and oxygen atoms in total. The van der Waals surface area contributed by atoms with Crippen LogP contribution in [0.2, 0.25) is 0 Å². The van der Waals surface area contributed by atoms with Crippen molar-refractivity contribution >= 4 is 26.8 Å². The molecule has 0 atom stereocenters. The van der Waals surface area contributed by atoms with Crippen LogP contribution in [0.15, 0.2) is 52.0 Å². The van der Waals surface area contributed by atoms with Crippen LogP contribution in [-0.2, 0) is 0 Å². The van der Waals surface area contributed by atoms with Crippen molar-refractivity contribution in [2.45, 2.75) is 37.8 Å². The van der Waals surface area contributed by atoms with E-state index in [2.05, 4.69) is 26.8 Å². The fourth-order valence-corrected chi connectivity index (χ4v) is 4.25. The maximum Gasteiger partial charge on any atom is 0.250 e. The molecule has 1 aliphatic carbocycles. The summed E-state index contributed by atoms with van der Waals surface area (Å²) in [5.41, 5.74) is 1.04. The lowest BCUT2D eigenvalue weighted by molar-refractivity contribution is 0.259. The maximum atomic E-state index is 12.0. The molecule has 2 aromatic heterocycles. The minimum Gasteiger partial charge on any atom is -0.495 e. The molecule has 6 heteroatoms. The van der Waals surface area contributed by atoms with Crippen molar-refractivity contribution in [3.63, 3.8) is 0 Å². The third-order valence-electron chi connectivity index (χ3n) is 5.08. The molecule has 0 aliphatic heterocycles. The van der Waals surface area contributed by atoms with E-state index < -0.39 is 0 Å². The minimum atomic E-state index is 0.0905. The molecule has 4 rings (SSSR count). The lowest BCUT2D eigenvalue weighted by Crippen LogP contribution is -2.27. The Morgan fingerprint density at radius 2 is 1.92 bits per heavy atom. The largest absolute Gasteiger partial charge is 0.495 e. The highest BCUT2D eigenvalue weighted by atomic mass is 79.9. The van der Waals surface area contributed by atoms with Gasteiger partial charge >= 0.3 is 0 Å². The van der Waals surface area contributed by atoms with Crippen molar-refractivity contribution in [3.05, 3.63) is 57.6 Å². The molecule has 130 valence electrons. The number of benzene rings is 1. The Morgan fingerprint density at radius 3 is 2.64 bits per heavy atom. The first-order valence-electron chi connectivity index (χ1n) is 8.55. The number of pyridine rings is 1. The Hall–Kier alpha value is -2.08. The normalized spacial score (nSPS) is 20.7. The van der Waals surface area contributed by atoms with E-state index >= 15 is 0 Å². The number of fused-ring (bicyclic) bond motifs is 1. The maximum absolute atomic E-state index is 12.0. The molecule has 0 radical (unpaired) electrons. The number of methoxy groups -OCH3 is 1. The van der Waals surface area contributed by atoms with Crippen LogP contribution in [0.5, 0.6) is 5.75 Å². The Kier molecular flexibility index (Phi) is 4.37. The molecule has 0 N–H and O–H groups in total. The third kappa shape index (κ3) is 3.11. The highest BCUT2D eigenvalue weighted by molar-refractivity contribution is 9.10. The highest BCUT2D eigenvalue weighted by Gasteiger charge is 2.24. The van der Waals surface area contributed by atoms with E-state index in [9.17, 15) is 4.79 Å². The van der Waals surface area contributed by atoms with Crippen LogP contribution < -0.4 is 10.3 Å². The van der Waals surface area contributed by atoms with Crippen molar-refractivity contribution in [3.8, 4) is 5.75 Å². The lowest BCUT2D eigenvalue weighted by atomic mass is 9.91. The average molecular weight is 402 g/mol. The fraction of sp³-hybridized carbons (Fsp3) is 0.368. The van der Waals surface area contributed by atoms with Gasteiger partial charge in [0.25, 0.3) is 5.56 Å². The van der Waals surface area contributed by atoms with Gasteiger partial charge in [-0.05, 0) is 53.7 Å². The van der Waals surface area contributed by atoms with E-state index in [4.69, 9.17) is 9.84 Å². The smallest absolute Gasteiger partial charge is 0.250 e. The van der Waals surface area contributed by atoms with Gasteiger partial charge in [-0.15, -0.1) is 0 Å². The lowest BCUT2D eigenvalue weighted by Gasteiger charge is -2.29. The number of hydrogen-bond donors (Lipinski definition) is 0. The molecule has 1 fully saturated rings. The Morgan fingerprint density at radius 1 is 1.16 bits per heavy atom. The molecular weight excluding hydrogens is 382 g/mol. The number of hydrogen-bond acceptors (Lipinski definition) is 3. The summed E-state index contributed by atoms with van der Waals surface area (Å²) in [5.74, 6) is 0.796. The monoisotopic (exact) mass is 401 g/mol. The molecule has 1 saturated carbocycles. The van der Waals surface area contributed by atoms with E-state index in [1.54, 1.807) is 19.2 Å². The third-order valence-corrected chi connectivity index (χ3v) is 5.70. The summed E-state index contributed by atoms with van der Waals surface area (Å²) in [6.45, 7) is 0. The van der Waals surface area contributed by atoms with Gasteiger partial charge in [0.05, 0.1) is 23.1 Å². The van der Waals surface area contributed by atoms with Gasteiger partial charge in [-0.3, -0.25) is 9.48 Å². The standard InChI is InChI=1S/C19H20BrN3O2/c1-25-18-11-17-13(10-16(18)20)12-23(21-17)15-7-5-14(6-8-15)22-9-3-2-4-19(22)24/h2-4,9-12,14-15H,5-8H2,1H3/t14-,15-. The summed E-state index contributed by atoms with van der Waals surface area (Å²) < 4.78 is 10.2. The van der Waals surface area contributed by atoms with Crippen LogP contribution in [0.4, 0.5) is 0 Å². The highest BCUT2D eigenvalue weighted by Crippen LogP contribution is 2.36. The van der Waals surface area contributed by atoms with E-state index in [0.29, 0.717) is 12.1 Å². The molecule has 0 amide bonds. The van der Waals surface area contributed by atoms with Gasteiger partial charge in [-0.2, -0.15) is 5.10 Å². The van der Waals surface area contributed by atoms with Crippen LogP contribution in [0, 0.1) is 0 Å². The van der Waals surface area contributed by atoms with Crippen molar-refractivity contribution in [1.82, 2.24) is 14.3 Å². The molecule has 25 heavy (non-hydrogen) atoms. The molecule has 2 heterocycles. The zero-order valence-electron chi connectivity index (χ0n) is 14.1. The molecule has 0 spiro atoms. The number of ether oxygens (including phenoxy) is 1. The van der Waals surface area contributed by atoms with Crippen LogP contribution in [0.1, 0.15) is 37.8 Å². The van der Waals surface area contributed by atoms with E-state index in [1.807, 2.05) is 29.0 Å². The average Bonchev–Trinajstić information content (AvgIpc) is 3.04. The van der Waals surface area contributed by atoms with Crippen molar-refractivity contribution in [2.24, 2.45) is 0 Å². The first kappa shape index (κ1) is 16.4. The summed E-state index contributed by atoms with van der Waals surface area (Å²) in [7, 11) is 1.66. The van der Waals surface area contributed by atoms with Crippen molar-refractivity contribution < 1.29 is 4.74 Å². The first-order valence-corrected chi connectivity index (χ1v) is 9.34. The number of rotatable bonds is 3. The Bertz CT molecular complexity index is 955. The molecule has 0 unspecified atom stereocenters. The molecule has 0 bridgehead atoms. The predicted octanol–water partition coefficient (Wildman–Crippen LogP) is 4.33. The molecule has 3 aromatic rings. The molecular formula is C19H20BrN3O2. The minimum absolute atomic E-state index is 0.0905. The second-order valence-corrected chi connectivity index (χ2v) is 7.42. The van der Waals surface area contributed by atoms with Crippen LogP contribution >= 0.6 is 15.9 Å². The summed E-state index contributed by atoms with van der Waals surface area (Å²) in [6.07, 6.45) is 8.06. The summed E-state index contributed by atoms with van der Waals surface area (Å²) >= 11 is 3.53. The van der Waals surface area contributed by atoms with E-state index in [-0.39, 0.29) is 5.56 Å². The van der Waals surface area contributed by atoms with Crippen molar-refractivity contribution in [1.29, 1.82) is 0 Å². The van der Waals surface area contributed by atoms with E-state index in [1.165, 1.54) is 0 Å². The van der Waals surface area contributed by atoms with Gasteiger partial charge in [0.2, 0.25) is 0 Å². The number of halogens is 1. The summed E-state index contributed by atoms with van der Waals surface area (Å²) in [5, 5.41) is 5.85. The van der Waals surface area contributed by atoms with Gasteiger partial charge in [0.1, 0.15) is 5.75 Å². The first-order chi connectivity index (χ1) is 12.2. The van der Waals surface area contributed by atoms with Crippen LogP contribution in [0.25, 0.3) is 10.9 Å². The van der Waals surface area contributed by atoms with Crippen molar-refractivity contribution in [2.75, 3.05) is 7.11 Å². The zero-order chi connectivity index (χ0) is 17.4. The van der Waals surface area contributed by atoms with E-state index in [0.717, 1.165) is 46.8 Å². The molecule has 1 aromatic carbocycles. The SMILES string of the molecule is COc1cc2nn([C@H]3CC[C@H](n4ccccc4=O)CC3)cc2cc1Br. The zero-order valence-corrected chi connectivity index (χ0v) is 15.6. The molecule has 1 aliphatic rings. The van der Waals surface area contributed by atoms with Gasteiger partial charge in [-0.1, -0.05) is 6.07 Å². The van der Waals surface area contributed by atoms with Crippen LogP contribution in [0.3, 0.4) is 0 Å². The number of aromatic nitrogens is 3. The van der Waals surface area contributed by atoms with Crippen LogP contribution in [-0.4, -0.2) is 21.5 Å². The summed E-state index contributed by atoms with van der Waals surface area (Å²) in [4.78, 5) is 12.0. The predicted molar refractivity (Wildman–Crippen MR) is 101 cm³/mol. The second-order valence-electron chi connectivity index (χ2n) is 6.56. The van der Waals surface area contributed by atoms with Gasteiger partial charge in [-0.25, -0.2) is 0 Å². The number of nitrogens with zero attached hydrogens (tertiary/aromatic N) is 3. The summed E-state index contributed by atoms with van der Waals surface area (Å²) in [6, 6.07) is 10.1. The Labute approximate surface area is 154 Å². The quantitative estimate of drug-likeness (QED) is 0.656. The van der Waals surface area contributed by atoms with Gasteiger partial charge in [0, 0.05) is 36.0 Å². The van der Waals surface area contributed by atoms with Gasteiger partial charge < -0.3 is 9.30 Å². The fourth-order valence-electron chi connectivity index (χ4n) is 3.73. The van der Waals surface area contributed by atoms with Gasteiger partial charge in [0.15, 0.2) is 0 Å².